The molecule has 2 N–H and O–H groups in total. The standard InChI is InChI=1S/C13H11N3O/c1-9-11(15)3-2-4-12(9)17-13-8-16-6-5-10(13)7-14/h2-6,8H,15H2,1H3. The van der Waals surface area contributed by atoms with E-state index >= 15 is 0 Å². The number of rotatable bonds is 2. The first-order valence-corrected chi connectivity index (χ1v) is 5.09. The van der Waals surface area contributed by atoms with E-state index in [0.29, 0.717) is 22.7 Å². The third-order valence-electron chi connectivity index (χ3n) is 2.45. The van der Waals surface area contributed by atoms with Crippen molar-refractivity contribution < 1.29 is 4.74 Å². The van der Waals surface area contributed by atoms with E-state index in [9.17, 15) is 0 Å². The molecule has 0 amide bonds. The lowest BCUT2D eigenvalue weighted by atomic mass is 10.2. The number of hydrogen-bond donors (Lipinski definition) is 1. The van der Waals surface area contributed by atoms with Crippen molar-refractivity contribution in [3.05, 3.63) is 47.8 Å². The average molecular weight is 225 g/mol. The summed E-state index contributed by atoms with van der Waals surface area (Å²) >= 11 is 0. The van der Waals surface area contributed by atoms with Crippen molar-refractivity contribution in [3.8, 4) is 17.6 Å². The minimum absolute atomic E-state index is 0.434. The zero-order chi connectivity index (χ0) is 12.3. The summed E-state index contributed by atoms with van der Waals surface area (Å²) in [6, 6.07) is 9.08. The van der Waals surface area contributed by atoms with Gasteiger partial charge in [0.05, 0.1) is 11.8 Å². The maximum atomic E-state index is 8.94. The predicted octanol–water partition coefficient (Wildman–Crippen LogP) is 2.64. The summed E-state index contributed by atoms with van der Waals surface area (Å²) in [4.78, 5) is 3.93. The van der Waals surface area contributed by atoms with Gasteiger partial charge in [0.1, 0.15) is 11.8 Å². The lowest BCUT2D eigenvalue weighted by Crippen LogP contribution is -1.95. The van der Waals surface area contributed by atoms with Crippen LogP contribution < -0.4 is 10.5 Å². The largest absolute Gasteiger partial charge is 0.454 e. The summed E-state index contributed by atoms with van der Waals surface area (Å²) in [5.41, 5.74) is 7.74. The molecule has 0 bridgehead atoms. The molecule has 0 atom stereocenters. The molecule has 1 aromatic carbocycles. The number of nitrogens with zero attached hydrogens (tertiary/aromatic N) is 2. The molecule has 0 fully saturated rings. The molecule has 0 aliphatic rings. The Kier molecular flexibility index (Phi) is 2.93. The highest BCUT2D eigenvalue weighted by atomic mass is 16.5. The first kappa shape index (κ1) is 11.0. The average Bonchev–Trinajstić information content (AvgIpc) is 2.35. The van der Waals surface area contributed by atoms with Gasteiger partial charge in [-0.2, -0.15) is 5.26 Å². The van der Waals surface area contributed by atoms with Crippen LogP contribution in [0.3, 0.4) is 0 Å². The quantitative estimate of drug-likeness (QED) is 0.797. The minimum atomic E-state index is 0.434. The molecule has 4 heteroatoms. The third-order valence-corrected chi connectivity index (χ3v) is 2.45. The number of nitriles is 1. The van der Waals surface area contributed by atoms with Gasteiger partial charge in [-0.1, -0.05) is 6.07 Å². The number of aromatic nitrogens is 1. The van der Waals surface area contributed by atoms with Crippen LogP contribution in [0.5, 0.6) is 11.5 Å². The number of anilines is 1. The number of nitrogens with two attached hydrogens (primary N) is 1. The van der Waals surface area contributed by atoms with Gasteiger partial charge in [-0.3, -0.25) is 4.98 Å². The Morgan fingerprint density at radius 2 is 2.12 bits per heavy atom. The summed E-state index contributed by atoms with van der Waals surface area (Å²) in [6.07, 6.45) is 3.07. The van der Waals surface area contributed by atoms with Crippen LogP contribution in [0.4, 0.5) is 5.69 Å². The zero-order valence-electron chi connectivity index (χ0n) is 9.34. The Hall–Kier alpha value is -2.54. The van der Waals surface area contributed by atoms with Crippen LogP contribution in [-0.4, -0.2) is 4.98 Å². The van der Waals surface area contributed by atoms with E-state index in [1.165, 1.54) is 6.20 Å². The molecule has 4 nitrogen and oxygen atoms in total. The molecule has 0 saturated carbocycles. The first-order valence-electron chi connectivity index (χ1n) is 5.09. The second-order valence-electron chi connectivity index (χ2n) is 3.56. The molecule has 2 aromatic rings. The van der Waals surface area contributed by atoms with E-state index < -0.39 is 0 Å². The lowest BCUT2D eigenvalue weighted by molar-refractivity contribution is 0.475. The summed E-state index contributed by atoms with van der Waals surface area (Å²) in [5, 5.41) is 8.94. The van der Waals surface area contributed by atoms with Gasteiger partial charge in [0.2, 0.25) is 0 Å². The van der Waals surface area contributed by atoms with Crippen molar-refractivity contribution in [1.29, 1.82) is 5.26 Å². The lowest BCUT2D eigenvalue weighted by Gasteiger charge is -2.10. The van der Waals surface area contributed by atoms with Crippen LogP contribution in [0.1, 0.15) is 11.1 Å². The van der Waals surface area contributed by atoms with E-state index in [1.54, 1.807) is 30.5 Å². The van der Waals surface area contributed by atoms with Crippen molar-refractivity contribution in [1.82, 2.24) is 4.98 Å². The molecule has 1 aromatic heterocycles. The molecule has 0 saturated heterocycles. The highest BCUT2D eigenvalue weighted by Crippen LogP contribution is 2.29. The van der Waals surface area contributed by atoms with Gasteiger partial charge in [0.15, 0.2) is 5.75 Å². The van der Waals surface area contributed by atoms with Crippen molar-refractivity contribution >= 4 is 5.69 Å². The van der Waals surface area contributed by atoms with E-state index in [1.807, 2.05) is 6.92 Å². The molecule has 0 aliphatic heterocycles. The highest BCUT2D eigenvalue weighted by Gasteiger charge is 2.07. The molecule has 0 aliphatic carbocycles. The zero-order valence-corrected chi connectivity index (χ0v) is 9.34. The van der Waals surface area contributed by atoms with Gasteiger partial charge in [-0.05, 0) is 25.1 Å². The van der Waals surface area contributed by atoms with Gasteiger partial charge in [-0.15, -0.1) is 0 Å². The molecule has 1 heterocycles. The Morgan fingerprint density at radius 1 is 1.29 bits per heavy atom. The molecule has 2 rings (SSSR count). The maximum absolute atomic E-state index is 8.94. The second kappa shape index (κ2) is 4.54. The molecular formula is C13H11N3O. The molecule has 17 heavy (non-hydrogen) atoms. The number of ether oxygens (including phenoxy) is 1. The maximum Gasteiger partial charge on any atom is 0.163 e. The van der Waals surface area contributed by atoms with Gasteiger partial charge in [0, 0.05) is 17.4 Å². The SMILES string of the molecule is Cc1c(N)cccc1Oc1cnccc1C#N. The monoisotopic (exact) mass is 225 g/mol. The van der Waals surface area contributed by atoms with Crippen LogP contribution in [0, 0.1) is 18.3 Å². The van der Waals surface area contributed by atoms with Gasteiger partial charge < -0.3 is 10.5 Å². The van der Waals surface area contributed by atoms with Crippen LogP contribution in [-0.2, 0) is 0 Å². The predicted molar refractivity (Wildman–Crippen MR) is 64.6 cm³/mol. The fourth-order valence-corrected chi connectivity index (χ4v) is 1.41. The van der Waals surface area contributed by atoms with Crippen LogP contribution in [0.25, 0.3) is 0 Å². The van der Waals surface area contributed by atoms with Crippen molar-refractivity contribution in [2.45, 2.75) is 6.92 Å². The van der Waals surface area contributed by atoms with E-state index in [4.69, 9.17) is 15.7 Å². The number of nitrogen functional groups attached to an aromatic ring is 1. The van der Waals surface area contributed by atoms with Gasteiger partial charge in [-0.25, -0.2) is 0 Å². The highest BCUT2D eigenvalue weighted by molar-refractivity contribution is 5.55. The van der Waals surface area contributed by atoms with E-state index in [2.05, 4.69) is 11.1 Å². The van der Waals surface area contributed by atoms with Crippen molar-refractivity contribution in [3.63, 3.8) is 0 Å². The van der Waals surface area contributed by atoms with E-state index in [-0.39, 0.29) is 0 Å². The van der Waals surface area contributed by atoms with Crippen LogP contribution >= 0.6 is 0 Å². The van der Waals surface area contributed by atoms with E-state index in [0.717, 1.165) is 5.56 Å². The smallest absolute Gasteiger partial charge is 0.163 e. The normalized spacial score (nSPS) is 9.65. The number of pyridine rings is 1. The Balaban J connectivity index is 2.39. The summed E-state index contributed by atoms with van der Waals surface area (Å²) in [6.45, 7) is 1.87. The Bertz CT molecular complexity index is 587. The molecule has 0 spiro atoms. The van der Waals surface area contributed by atoms with Crippen molar-refractivity contribution in [2.24, 2.45) is 0 Å². The number of benzene rings is 1. The van der Waals surface area contributed by atoms with Gasteiger partial charge in [0.25, 0.3) is 0 Å². The van der Waals surface area contributed by atoms with Crippen LogP contribution in [0.15, 0.2) is 36.7 Å². The fourth-order valence-electron chi connectivity index (χ4n) is 1.41. The molecular weight excluding hydrogens is 214 g/mol. The van der Waals surface area contributed by atoms with Crippen LogP contribution in [0.2, 0.25) is 0 Å². The Labute approximate surface area is 99.3 Å². The molecule has 0 radical (unpaired) electrons. The second-order valence-corrected chi connectivity index (χ2v) is 3.56. The first-order chi connectivity index (χ1) is 8.22. The third kappa shape index (κ3) is 2.18. The number of hydrogen-bond acceptors (Lipinski definition) is 4. The summed E-state index contributed by atoms with van der Waals surface area (Å²) in [5.74, 6) is 1.07. The topological polar surface area (TPSA) is 71.9 Å². The summed E-state index contributed by atoms with van der Waals surface area (Å²) < 4.78 is 5.65. The molecule has 84 valence electrons. The van der Waals surface area contributed by atoms with Gasteiger partial charge >= 0.3 is 0 Å². The summed E-state index contributed by atoms with van der Waals surface area (Å²) in [7, 11) is 0. The fraction of sp³-hybridized carbons (Fsp3) is 0.0769. The minimum Gasteiger partial charge on any atom is -0.454 e. The Morgan fingerprint density at radius 3 is 2.88 bits per heavy atom. The van der Waals surface area contributed by atoms with Crippen molar-refractivity contribution in [2.75, 3.05) is 5.73 Å². The molecule has 0 unspecified atom stereocenters.